The zero-order valence-corrected chi connectivity index (χ0v) is 18.1. The molecule has 1 atom stereocenters. The van der Waals surface area contributed by atoms with Crippen molar-refractivity contribution < 1.29 is 9.53 Å². The number of amides is 1. The second kappa shape index (κ2) is 9.09. The highest BCUT2D eigenvalue weighted by atomic mass is 79.9. The summed E-state index contributed by atoms with van der Waals surface area (Å²) in [6.45, 7) is 1.91. The first-order valence-electron chi connectivity index (χ1n) is 9.81. The van der Waals surface area contributed by atoms with Crippen LogP contribution in [0.15, 0.2) is 88.4 Å². The van der Waals surface area contributed by atoms with Gasteiger partial charge in [0.25, 0.3) is 5.91 Å². The lowest BCUT2D eigenvalue weighted by atomic mass is 10.1. The number of rotatable bonds is 6. The summed E-state index contributed by atoms with van der Waals surface area (Å²) in [6, 6.07) is 26.0. The van der Waals surface area contributed by atoms with Gasteiger partial charge in [0.1, 0.15) is 5.75 Å². The van der Waals surface area contributed by atoms with Crippen molar-refractivity contribution in [2.75, 3.05) is 0 Å². The number of halogens is 1. The van der Waals surface area contributed by atoms with Crippen LogP contribution in [0.4, 0.5) is 0 Å². The van der Waals surface area contributed by atoms with Crippen molar-refractivity contribution in [3.8, 4) is 5.75 Å². The summed E-state index contributed by atoms with van der Waals surface area (Å²) in [5.74, 6) is 0.351. The zero-order valence-electron chi connectivity index (χ0n) is 16.5. The van der Waals surface area contributed by atoms with Crippen molar-refractivity contribution in [1.82, 2.24) is 5.43 Å². The molecule has 0 aromatic heterocycles. The first kappa shape index (κ1) is 20.1. The van der Waals surface area contributed by atoms with E-state index in [-0.39, 0.29) is 5.91 Å². The molecule has 150 valence electrons. The number of carbonyl (C=O) groups excluding carboxylic acids is 1. The zero-order chi connectivity index (χ0) is 20.9. The summed E-state index contributed by atoms with van der Waals surface area (Å²) in [4.78, 5) is 12.6. The van der Waals surface area contributed by atoms with Gasteiger partial charge in [0.2, 0.25) is 0 Å². The number of hydrogen-bond donors (Lipinski definition) is 1. The number of ether oxygens (including phenoxy) is 1. The Morgan fingerprint density at radius 3 is 2.50 bits per heavy atom. The lowest BCUT2D eigenvalue weighted by Crippen LogP contribution is -2.35. The van der Waals surface area contributed by atoms with Gasteiger partial charge in [-0.2, -0.15) is 5.10 Å². The highest BCUT2D eigenvalue weighted by Crippen LogP contribution is 2.33. The molecule has 0 bridgehead atoms. The molecule has 1 amide bonds. The van der Waals surface area contributed by atoms with Gasteiger partial charge in [-0.15, -0.1) is 0 Å². The quantitative estimate of drug-likeness (QED) is 0.280. The Kier molecular flexibility index (Phi) is 6.10. The predicted molar refractivity (Wildman–Crippen MR) is 126 cm³/mol. The van der Waals surface area contributed by atoms with Crippen molar-refractivity contribution in [1.29, 1.82) is 0 Å². The average molecular weight is 461 g/mol. The van der Waals surface area contributed by atoms with Crippen LogP contribution in [0.1, 0.15) is 18.9 Å². The number of hydrogen-bond acceptors (Lipinski definition) is 3. The molecule has 0 aliphatic rings. The standard InChI is InChI=1S/C25H21BrN2O2/c1-2-22(30-23-14-13-19-8-5-6-10-21(19)24(23)26)25(29)28-27-16-17-11-12-18-7-3-4-9-20(18)15-17/h3-16,22H,2H2,1H3,(H,28,29)/b27-16+. The molecule has 1 unspecified atom stereocenters. The molecule has 4 rings (SSSR count). The second-order valence-corrected chi connectivity index (χ2v) is 7.75. The Balaban J connectivity index is 1.45. The molecule has 30 heavy (non-hydrogen) atoms. The summed E-state index contributed by atoms with van der Waals surface area (Å²) in [7, 11) is 0. The number of nitrogens with one attached hydrogen (secondary N) is 1. The van der Waals surface area contributed by atoms with E-state index in [4.69, 9.17) is 4.74 Å². The van der Waals surface area contributed by atoms with Crippen LogP contribution in [0.5, 0.6) is 5.75 Å². The van der Waals surface area contributed by atoms with E-state index in [0.717, 1.165) is 26.2 Å². The SMILES string of the molecule is CCC(Oc1ccc2ccccc2c1Br)C(=O)N/N=C/c1ccc2ccccc2c1. The van der Waals surface area contributed by atoms with Crippen LogP contribution < -0.4 is 10.2 Å². The topological polar surface area (TPSA) is 50.7 Å². The molecular weight excluding hydrogens is 440 g/mol. The summed E-state index contributed by atoms with van der Waals surface area (Å²) >= 11 is 3.61. The summed E-state index contributed by atoms with van der Waals surface area (Å²) < 4.78 is 6.83. The van der Waals surface area contributed by atoms with Crippen LogP contribution in [0.25, 0.3) is 21.5 Å². The first-order valence-corrected chi connectivity index (χ1v) is 10.6. The number of benzene rings is 4. The number of fused-ring (bicyclic) bond motifs is 2. The number of nitrogens with zero attached hydrogens (tertiary/aromatic N) is 1. The molecule has 0 radical (unpaired) electrons. The maximum Gasteiger partial charge on any atom is 0.281 e. The molecule has 0 aliphatic heterocycles. The minimum absolute atomic E-state index is 0.283. The lowest BCUT2D eigenvalue weighted by molar-refractivity contribution is -0.128. The van der Waals surface area contributed by atoms with Gasteiger partial charge < -0.3 is 4.74 Å². The maximum absolute atomic E-state index is 12.6. The van der Waals surface area contributed by atoms with Gasteiger partial charge >= 0.3 is 0 Å². The van der Waals surface area contributed by atoms with Crippen LogP contribution in [-0.4, -0.2) is 18.2 Å². The number of carbonyl (C=O) groups is 1. The third-order valence-corrected chi connectivity index (χ3v) is 5.74. The van der Waals surface area contributed by atoms with Gasteiger partial charge in [0, 0.05) is 0 Å². The molecule has 4 aromatic rings. The smallest absolute Gasteiger partial charge is 0.281 e. The fourth-order valence-corrected chi connectivity index (χ4v) is 3.90. The van der Waals surface area contributed by atoms with E-state index in [1.165, 1.54) is 5.39 Å². The van der Waals surface area contributed by atoms with Crippen molar-refractivity contribution in [2.45, 2.75) is 19.4 Å². The fraction of sp³-hybridized carbons (Fsp3) is 0.120. The van der Waals surface area contributed by atoms with Crippen LogP contribution in [-0.2, 0) is 4.79 Å². The van der Waals surface area contributed by atoms with Crippen LogP contribution in [0, 0.1) is 0 Å². The molecule has 5 heteroatoms. The monoisotopic (exact) mass is 460 g/mol. The molecular formula is C25H21BrN2O2. The van der Waals surface area contributed by atoms with Gasteiger partial charge in [-0.05, 0) is 61.6 Å². The molecule has 0 fully saturated rings. The Hall–Kier alpha value is -3.18. The Bertz CT molecular complexity index is 1240. The van der Waals surface area contributed by atoms with E-state index < -0.39 is 6.10 Å². The summed E-state index contributed by atoms with van der Waals surface area (Å²) in [5, 5.41) is 8.56. The number of hydrazone groups is 1. The van der Waals surface area contributed by atoms with Crippen molar-refractivity contribution in [3.05, 3.63) is 88.9 Å². The molecule has 4 nitrogen and oxygen atoms in total. The molecule has 0 saturated carbocycles. The Morgan fingerprint density at radius 2 is 1.70 bits per heavy atom. The Morgan fingerprint density at radius 1 is 1.00 bits per heavy atom. The maximum atomic E-state index is 12.6. The molecule has 0 heterocycles. The van der Waals surface area contributed by atoms with Gasteiger partial charge in [0.15, 0.2) is 6.10 Å². The van der Waals surface area contributed by atoms with Crippen LogP contribution >= 0.6 is 15.9 Å². The average Bonchev–Trinajstić information content (AvgIpc) is 2.78. The van der Waals surface area contributed by atoms with Gasteiger partial charge in [-0.25, -0.2) is 5.43 Å². The third kappa shape index (κ3) is 4.36. The lowest BCUT2D eigenvalue weighted by Gasteiger charge is -2.17. The predicted octanol–water partition coefficient (Wildman–Crippen LogP) is 6.06. The van der Waals surface area contributed by atoms with E-state index in [1.54, 1.807) is 6.21 Å². The minimum Gasteiger partial charge on any atom is -0.479 e. The first-order chi connectivity index (χ1) is 14.7. The van der Waals surface area contributed by atoms with E-state index in [1.807, 2.05) is 79.7 Å². The summed E-state index contributed by atoms with van der Waals surface area (Å²) in [6.07, 6.45) is 1.52. The van der Waals surface area contributed by atoms with Crippen molar-refractivity contribution in [2.24, 2.45) is 5.10 Å². The van der Waals surface area contributed by atoms with Gasteiger partial charge in [0.05, 0.1) is 10.7 Å². The molecule has 0 spiro atoms. The van der Waals surface area contributed by atoms with Crippen molar-refractivity contribution in [3.63, 3.8) is 0 Å². The van der Waals surface area contributed by atoms with Crippen LogP contribution in [0.3, 0.4) is 0 Å². The third-order valence-electron chi connectivity index (χ3n) is 4.92. The van der Waals surface area contributed by atoms with Gasteiger partial charge in [-0.3, -0.25) is 4.79 Å². The highest BCUT2D eigenvalue weighted by Gasteiger charge is 2.19. The summed E-state index contributed by atoms with van der Waals surface area (Å²) in [5.41, 5.74) is 3.51. The van der Waals surface area contributed by atoms with E-state index in [9.17, 15) is 4.79 Å². The highest BCUT2D eigenvalue weighted by molar-refractivity contribution is 9.10. The largest absolute Gasteiger partial charge is 0.479 e. The molecule has 0 aliphatic carbocycles. The molecule has 0 saturated heterocycles. The van der Waals surface area contributed by atoms with E-state index in [0.29, 0.717) is 12.2 Å². The van der Waals surface area contributed by atoms with Crippen molar-refractivity contribution >= 4 is 49.6 Å². The van der Waals surface area contributed by atoms with Crippen LogP contribution in [0.2, 0.25) is 0 Å². The fourth-order valence-electron chi connectivity index (χ4n) is 3.31. The minimum atomic E-state index is -0.642. The normalized spacial score (nSPS) is 12.3. The van der Waals surface area contributed by atoms with E-state index in [2.05, 4.69) is 32.5 Å². The van der Waals surface area contributed by atoms with E-state index >= 15 is 0 Å². The second-order valence-electron chi connectivity index (χ2n) is 6.95. The molecule has 4 aromatic carbocycles. The van der Waals surface area contributed by atoms with Gasteiger partial charge in [-0.1, -0.05) is 73.7 Å². The molecule has 1 N–H and O–H groups in total. The Labute approximate surface area is 183 Å².